The van der Waals surface area contributed by atoms with E-state index in [0.29, 0.717) is 18.0 Å². The molecule has 2 heterocycles. The van der Waals surface area contributed by atoms with E-state index >= 15 is 0 Å². The molecule has 0 N–H and O–H groups in total. The van der Waals surface area contributed by atoms with Gasteiger partial charge in [-0.1, -0.05) is 6.92 Å². The standard InChI is InChI=1S/C19H26N4O2/c1-14(12-22-6-8-25-9-7-22)13-23-18(11-20)17-10-15(21(2)3)4-5-16(17)19(23)24/h4-5,10,14,18H,6-9,12-13H2,1-3H3. The molecule has 0 aliphatic carbocycles. The summed E-state index contributed by atoms with van der Waals surface area (Å²) in [5, 5.41) is 9.68. The van der Waals surface area contributed by atoms with Crippen LogP contribution in [0, 0.1) is 17.2 Å². The molecule has 6 nitrogen and oxygen atoms in total. The average Bonchev–Trinajstić information content (AvgIpc) is 2.86. The number of rotatable bonds is 5. The van der Waals surface area contributed by atoms with Crippen molar-refractivity contribution in [3.63, 3.8) is 0 Å². The number of nitriles is 1. The number of nitrogens with zero attached hydrogens (tertiary/aromatic N) is 4. The minimum atomic E-state index is -0.491. The summed E-state index contributed by atoms with van der Waals surface area (Å²) in [7, 11) is 3.92. The second-order valence-corrected chi connectivity index (χ2v) is 7.17. The fourth-order valence-corrected chi connectivity index (χ4v) is 3.63. The monoisotopic (exact) mass is 342 g/mol. The lowest BCUT2D eigenvalue weighted by Crippen LogP contribution is -2.42. The first-order chi connectivity index (χ1) is 12.0. The molecule has 0 saturated carbocycles. The largest absolute Gasteiger partial charge is 0.379 e. The van der Waals surface area contributed by atoms with Crippen molar-refractivity contribution in [3.8, 4) is 6.07 Å². The molecule has 1 fully saturated rings. The van der Waals surface area contributed by atoms with E-state index in [-0.39, 0.29) is 5.91 Å². The Balaban J connectivity index is 1.73. The molecule has 1 aromatic carbocycles. The number of hydrogen-bond donors (Lipinski definition) is 0. The van der Waals surface area contributed by atoms with Gasteiger partial charge in [-0.15, -0.1) is 0 Å². The maximum absolute atomic E-state index is 12.8. The van der Waals surface area contributed by atoms with E-state index in [1.165, 1.54) is 0 Å². The Morgan fingerprint density at radius 1 is 1.32 bits per heavy atom. The number of anilines is 1. The Hall–Kier alpha value is -2.10. The van der Waals surface area contributed by atoms with E-state index in [0.717, 1.165) is 44.1 Å². The summed E-state index contributed by atoms with van der Waals surface area (Å²) in [4.78, 5) is 18.9. The lowest BCUT2D eigenvalue weighted by molar-refractivity contribution is 0.0282. The normalized spacial score (nSPS) is 21.8. The van der Waals surface area contributed by atoms with Gasteiger partial charge in [0.1, 0.15) is 6.04 Å². The fourth-order valence-electron chi connectivity index (χ4n) is 3.63. The van der Waals surface area contributed by atoms with Gasteiger partial charge in [-0.05, 0) is 24.1 Å². The van der Waals surface area contributed by atoms with Gasteiger partial charge in [-0.3, -0.25) is 9.69 Å². The van der Waals surface area contributed by atoms with E-state index < -0.39 is 6.04 Å². The van der Waals surface area contributed by atoms with Crippen LogP contribution in [-0.4, -0.2) is 69.2 Å². The number of morpholine rings is 1. The number of hydrogen-bond acceptors (Lipinski definition) is 5. The Bertz CT molecular complexity index is 676. The first-order valence-corrected chi connectivity index (χ1v) is 8.83. The van der Waals surface area contributed by atoms with Crippen LogP contribution in [0.2, 0.25) is 0 Å². The predicted octanol–water partition coefficient (Wildman–Crippen LogP) is 1.74. The van der Waals surface area contributed by atoms with E-state index in [4.69, 9.17) is 4.74 Å². The maximum atomic E-state index is 12.8. The lowest BCUT2D eigenvalue weighted by Gasteiger charge is -2.31. The summed E-state index contributed by atoms with van der Waals surface area (Å²) in [6.07, 6.45) is 0. The van der Waals surface area contributed by atoms with Crippen LogP contribution in [0.25, 0.3) is 0 Å². The van der Waals surface area contributed by atoms with Gasteiger partial charge in [0, 0.05) is 57.1 Å². The summed E-state index contributed by atoms with van der Waals surface area (Å²) >= 11 is 0. The summed E-state index contributed by atoms with van der Waals surface area (Å²) in [5.41, 5.74) is 2.50. The summed E-state index contributed by atoms with van der Waals surface area (Å²) < 4.78 is 5.39. The summed E-state index contributed by atoms with van der Waals surface area (Å²) in [6, 6.07) is 7.59. The van der Waals surface area contributed by atoms with Gasteiger partial charge in [-0.25, -0.2) is 0 Å². The van der Waals surface area contributed by atoms with Crippen LogP contribution in [-0.2, 0) is 4.74 Å². The lowest BCUT2D eigenvalue weighted by atomic mass is 10.0. The van der Waals surface area contributed by atoms with Gasteiger partial charge in [0.15, 0.2) is 0 Å². The van der Waals surface area contributed by atoms with Crippen LogP contribution in [0.4, 0.5) is 5.69 Å². The second-order valence-electron chi connectivity index (χ2n) is 7.17. The molecule has 0 aromatic heterocycles. The minimum Gasteiger partial charge on any atom is -0.379 e. The van der Waals surface area contributed by atoms with Crippen LogP contribution in [0.3, 0.4) is 0 Å². The molecule has 2 aliphatic rings. The highest BCUT2D eigenvalue weighted by molar-refractivity contribution is 6.00. The van der Waals surface area contributed by atoms with Crippen molar-refractivity contribution in [1.29, 1.82) is 5.26 Å². The van der Waals surface area contributed by atoms with Gasteiger partial charge in [0.25, 0.3) is 5.91 Å². The first-order valence-electron chi connectivity index (χ1n) is 8.83. The van der Waals surface area contributed by atoms with Gasteiger partial charge in [-0.2, -0.15) is 5.26 Å². The molecular formula is C19H26N4O2. The number of benzene rings is 1. The molecule has 0 spiro atoms. The zero-order chi connectivity index (χ0) is 18.0. The number of fused-ring (bicyclic) bond motifs is 1. The Morgan fingerprint density at radius 3 is 2.68 bits per heavy atom. The molecule has 25 heavy (non-hydrogen) atoms. The molecule has 2 aliphatic heterocycles. The highest BCUT2D eigenvalue weighted by atomic mass is 16.5. The Labute approximate surface area is 149 Å². The van der Waals surface area contributed by atoms with Crippen LogP contribution in [0.15, 0.2) is 18.2 Å². The molecule has 0 bridgehead atoms. The van der Waals surface area contributed by atoms with E-state index in [1.54, 1.807) is 4.90 Å². The number of ether oxygens (including phenoxy) is 1. The molecule has 134 valence electrons. The molecule has 6 heteroatoms. The highest BCUT2D eigenvalue weighted by Gasteiger charge is 2.37. The molecule has 0 radical (unpaired) electrons. The minimum absolute atomic E-state index is 0.0271. The van der Waals surface area contributed by atoms with E-state index in [1.807, 2.05) is 37.2 Å². The SMILES string of the molecule is CC(CN1CCOCC1)CN1C(=O)c2ccc(N(C)C)cc2C1C#N. The predicted molar refractivity (Wildman–Crippen MR) is 96.6 cm³/mol. The number of amides is 1. The first kappa shape index (κ1) is 17.7. The quantitative estimate of drug-likeness (QED) is 0.816. The van der Waals surface area contributed by atoms with Crippen LogP contribution in [0.5, 0.6) is 0 Å². The number of carbonyl (C=O) groups excluding carboxylic acids is 1. The maximum Gasteiger partial charge on any atom is 0.255 e. The van der Waals surface area contributed by atoms with Crippen molar-refractivity contribution >= 4 is 11.6 Å². The van der Waals surface area contributed by atoms with Crippen molar-refractivity contribution in [2.24, 2.45) is 5.92 Å². The molecule has 1 amide bonds. The van der Waals surface area contributed by atoms with Crippen LogP contribution in [0.1, 0.15) is 28.9 Å². The average molecular weight is 342 g/mol. The molecule has 2 atom stereocenters. The number of carbonyl (C=O) groups is 1. The van der Waals surface area contributed by atoms with Crippen molar-refractivity contribution in [3.05, 3.63) is 29.3 Å². The molecular weight excluding hydrogens is 316 g/mol. The Kier molecular flexibility index (Phi) is 5.26. The zero-order valence-corrected chi connectivity index (χ0v) is 15.2. The Morgan fingerprint density at radius 2 is 2.04 bits per heavy atom. The zero-order valence-electron chi connectivity index (χ0n) is 15.2. The van der Waals surface area contributed by atoms with Crippen molar-refractivity contribution in [2.45, 2.75) is 13.0 Å². The third-order valence-corrected chi connectivity index (χ3v) is 4.95. The van der Waals surface area contributed by atoms with Gasteiger partial charge in [0.05, 0.1) is 19.3 Å². The smallest absolute Gasteiger partial charge is 0.255 e. The van der Waals surface area contributed by atoms with Crippen LogP contribution < -0.4 is 4.90 Å². The molecule has 2 unspecified atom stereocenters. The molecule has 3 rings (SSSR count). The van der Waals surface area contributed by atoms with Crippen molar-refractivity contribution < 1.29 is 9.53 Å². The van der Waals surface area contributed by atoms with E-state index in [2.05, 4.69) is 17.9 Å². The van der Waals surface area contributed by atoms with Gasteiger partial charge in [0.2, 0.25) is 0 Å². The second kappa shape index (κ2) is 7.42. The molecule has 1 aromatic rings. The van der Waals surface area contributed by atoms with Crippen molar-refractivity contribution in [1.82, 2.24) is 9.80 Å². The summed E-state index contributed by atoms with van der Waals surface area (Å²) in [5.74, 6) is 0.279. The van der Waals surface area contributed by atoms with E-state index in [9.17, 15) is 10.1 Å². The van der Waals surface area contributed by atoms with Crippen LogP contribution >= 0.6 is 0 Å². The fraction of sp³-hybridized carbons (Fsp3) is 0.579. The third kappa shape index (κ3) is 3.63. The molecule has 1 saturated heterocycles. The van der Waals surface area contributed by atoms with Gasteiger partial charge >= 0.3 is 0 Å². The topological polar surface area (TPSA) is 59.8 Å². The highest BCUT2D eigenvalue weighted by Crippen LogP contribution is 2.36. The third-order valence-electron chi connectivity index (χ3n) is 4.95. The van der Waals surface area contributed by atoms with Crippen molar-refractivity contribution in [2.75, 3.05) is 58.4 Å². The van der Waals surface area contributed by atoms with Gasteiger partial charge < -0.3 is 14.5 Å². The summed E-state index contributed by atoms with van der Waals surface area (Å²) in [6.45, 7) is 7.08.